The van der Waals surface area contributed by atoms with Crippen LogP contribution in [0.2, 0.25) is 18.1 Å². The van der Waals surface area contributed by atoms with Crippen LogP contribution in [0.15, 0.2) is 33.2 Å². The van der Waals surface area contributed by atoms with E-state index in [2.05, 4.69) is 38.6 Å². The molecule has 1 aliphatic carbocycles. The molecule has 1 atom stereocenters. The molecule has 0 heterocycles. The summed E-state index contributed by atoms with van der Waals surface area (Å²) in [4.78, 5) is 0.749. The summed E-state index contributed by atoms with van der Waals surface area (Å²) in [5.74, 6) is 0. The Balaban J connectivity index is 2.50. The van der Waals surface area contributed by atoms with Crippen molar-refractivity contribution in [2.45, 2.75) is 69.1 Å². The lowest BCUT2D eigenvalue weighted by atomic mass is 9.94. The van der Waals surface area contributed by atoms with Gasteiger partial charge >= 0.3 is 0 Å². The Bertz CT molecular complexity index is 636. The molecule has 4 nitrogen and oxygen atoms in total. The zero-order valence-corrected chi connectivity index (χ0v) is 16.2. The van der Waals surface area contributed by atoms with Crippen molar-refractivity contribution in [3.63, 3.8) is 0 Å². The molecule has 124 valence electrons. The van der Waals surface area contributed by atoms with E-state index in [1.807, 2.05) is 12.1 Å². The Morgan fingerprint density at radius 3 is 2.18 bits per heavy atom. The number of benzene rings is 1. The lowest BCUT2D eigenvalue weighted by molar-refractivity contribution is 0.389. The molecule has 2 rings (SSSR count). The second-order valence-corrected chi connectivity index (χ2v) is 14.8. The zero-order valence-electron chi connectivity index (χ0n) is 14.3. The van der Waals surface area contributed by atoms with Crippen LogP contribution in [0.1, 0.15) is 40.0 Å². The first-order chi connectivity index (χ1) is 10.0. The summed E-state index contributed by atoms with van der Waals surface area (Å²) in [6.07, 6.45) is 3.37. The SMILES string of the molecule is CC(C)(C)[Si](C)(C)N=[S@@](=O)(NC1CCC1)c1ccc(N)cc1. The Labute approximate surface area is 136 Å². The van der Waals surface area contributed by atoms with Gasteiger partial charge in [-0.05, 0) is 55.2 Å². The molecule has 6 heteroatoms. The van der Waals surface area contributed by atoms with Crippen molar-refractivity contribution in [1.29, 1.82) is 0 Å². The molecule has 0 bridgehead atoms. The third kappa shape index (κ3) is 3.72. The third-order valence-corrected chi connectivity index (χ3v) is 12.9. The van der Waals surface area contributed by atoms with Crippen molar-refractivity contribution >= 4 is 23.8 Å². The van der Waals surface area contributed by atoms with Crippen molar-refractivity contribution in [2.24, 2.45) is 4.03 Å². The molecule has 1 fully saturated rings. The van der Waals surface area contributed by atoms with Crippen LogP contribution >= 0.6 is 0 Å². The molecule has 1 saturated carbocycles. The average Bonchev–Trinajstić information content (AvgIpc) is 2.33. The number of anilines is 1. The van der Waals surface area contributed by atoms with Gasteiger partial charge in [-0.1, -0.05) is 27.2 Å². The van der Waals surface area contributed by atoms with Gasteiger partial charge in [0.1, 0.15) is 9.92 Å². The first kappa shape index (κ1) is 17.5. The first-order valence-electron chi connectivity index (χ1n) is 7.95. The molecule has 0 aromatic heterocycles. The molecule has 0 amide bonds. The maximum absolute atomic E-state index is 13.7. The topological polar surface area (TPSA) is 67.5 Å². The van der Waals surface area contributed by atoms with Crippen LogP contribution in [0.4, 0.5) is 5.69 Å². The van der Waals surface area contributed by atoms with Crippen LogP contribution in [0, 0.1) is 0 Å². The summed E-state index contributed by atoms with van der Waals surface area (Å²) in [7, 11) is -4.64. The fraction of sp³-hybridized carbons (Fsp3) is 0.625. The molecule has 22 heavy (non-hydrogen) atoms. The highest BCUT2D eigenvalue weighted by Crippen LogP contribution is 2.38. The van der Waals surface area contributed by atoms with Crippen molar-refractivity contribution in [3.8, 4) is 0 Å². The van der Waals surface area contributed by atoms with E-state index in [1.54, 1.807) is 12.1 Å². The normalized spacial score (nSPS) is 19.3. The number of nitrogens with two attached hydrogens (primary N) is 1. The van der Waals surface area contributed by atoms with Gasteiger partial charge in [-0.25, -0.2) is 8.93 Å². The van der Waals surface area contributed by atoms with E-state index in [9.17, 15) is 4.21 Å². The fourth-order valence-electron chi connectivity index (χ4n) is 2.01. The molecule has 0 aliphatic heterocycles. The summed E-state index contributed by atoms with van der Waals surface area (Å²) >= 11 is 0. The van der Waals surface area contributed by atoms with Gasteiger partial charge in [-0.2, -0.15) is 0 Å². The number of hydrogen-bond donors (Lipinski definition) is 2. The van der Waals surface area contributed by atoms with Crippen LogP contribution in [-0.4, -0.2) is 18.5 Å². The van der Waals surface area contributed by atoms with Gasteiger partial charge in [0.15, 0.2) is 8.24 Å². The number of rotatable bonds is 4. The van der Waals surface area contributed by atoms with E-state index in [0.717, 1.165) is 17.7 Å². The standard InChI is InChI=1S/C16H29N3OSSi/c1-16(2,3)22(4,5)19-21(20,18-14-7-6-8-14)15-11-9-13(17)10-12-15/h9-12,14H,6-8,17H2,1-5H3,(H,18,19,20)/t21-/m0/s1. The second-order valence-electron chi connectivity index (χ2n) is 7.74. The number of nitrogen functional groups attached to an aromatic ring is 1. The third-order valence-electron chi connectivity index (χ3n) is 4.82. The van der Waals surface area contributed by atoms with Gasteiger partial charge in [0.2, 0.25) is 0 Å². The maximum Gasteiger partial charge on any atom is 0.195 e. The highest BCUT2D eigenvalue weighted by Gasteiger charge is 2.38. The lowest BCUT2D eigenvalue weighted by Gasteiger charge is -2.35. The summed E-state index contributed by atoms with van der Waals surface area (Å²) in [6, 6.07) is 7.62. The summed E-state index contributed by atoms with van der Waals surface area (Å²) < 4.78 is 22.0. The van der Waals surface area contributed by atoms with E-state index in [0.29, 0.717) is 11.7 Å². The minimum atomic E-state index is -2.60. The van der Waals surface area contributed by atoms with Crippen molar-refractivity contribution in [2.75, 3.05) is 5.73 Å². The highest BCUT2D eigenvalue weighted by atomic mass is 32.2. The average molecular weight is 340 g/mol. The Morgan fingerprint density at radius 1 is 1.23 bits per heavy atom. The first-order valence-corrected chi connectivity index (χ1v) is 12.4. The lowest BCUT2D eigenvalue weighted by Crippen LogP contribution is -2.43. The molecule has 3 N–H and O–H groups in total. The van der Waals surface area contributed by atoms with Gasteiger partial charge in [0, 0.05) is 11.7 Å². The molecule has 1 aromatic rings. The molecule has 0 saturated heterocycles. The highest BCUT2D eigenvalue weighted by molar-refractivity contribution is 7.92. The number of nitrogens with one attached hydrogen (secondary N) is 1. The fourth-order valence-corrected chi connectivity index (χ4v) is 7.64. The monoisotopic (exact) mass is 339 g/mol. The zero-order chi connectivity index (χ0) is 16.6. The smallest absolute Gasteiger partial charge is 0.195 e. The van der Waals surface area contributed by atoms with E-state index < -0.39 is 18.2 Å². The molecular weight excluding hydrogens is 310 g/mol. The van der Waals surface area contributed by atoms with Gasteiger partial charge in [0.25, 0.3) is 0 Å². The quantitative estimate of drug-likeness (QED) is 0.639. The van der Waals surface area contributed by atoms with Crippen LogP contribution in [-0.2, 0) is 9.92 Å². The molecule has 0 spiro atoms. The van der Waals surface area contributed by atoms with E-state index in [4.69, 9.17) is 9.76 Å². The van der Waals surface area contributed by atoms with Crippen molar-refractivity contribution in [3.05, 3.63) is 24.3 Å². The van der Waals surface area contributed by atoms with E-state index in [1.165, 1.54) is 6.42 Å². The Morgan fingerprint density at radius 2 is 1.77 bits per heavy atom. The predicted molar refractivity (Wildman–Crippen MR) is 97.7 cm³/mol. The number of nitrogens with zero attached hydrogens (tertiary/aromatic N) is 1. The predicted octanol–water partition coefficient (Wildman–Crippen LogP) is 4.16. The van der Waals surface area contributed by atoms with Gasteiger partial charge < -0.3 is 5.73 Å². The van der Waals surface area contributed by atoms with Gasteiger partial charge in [-0.3, -0.25) is 4.03 Å². The van der Waals surface area contributed by atoms with E-state index >= 15 is 0 Å². The minimum Gasteiger partial charge on any atom is -0.399 e. The number of hydrogen-bond acceptors (Lipinski definition) is 3. The summed E-state index contributed by atoms with van der Waals surface area (Å²) in [5.41, 5.74) is 6.45. The Hall–Kier alpha value is -0.853. The molecular formula is C16H29N3OSSi. The summed E-state index contributed by atoms with van der Waals surface area (Å²) in [5, 5.41) is 0.0603. The molecule has 0 radical (unpaired) electrons. The molecule has 1 aromatic carbocycles. The van der Waals surface area contributed by atoms with Gasteiger partial charge in [0.05, 0.1) is 4.90 Å². The minimum absolute atomic E-state index is 0.0603. The van der Waals surface area contributed by atoms with Crippen molar-refractivity contribution in [1.82, 2.24) is 4.72 Å². The van der Waals surface area contributed by atoms with Crippen LogP contribution < -0.4 is 10.5 Å². The largest absolute Gasteiger partial charge is 0.399 e. The van der Waals surface area contributed by atoms with Crippen LogP contribution in [0.3, 0.4) is 0 Å². The summed E-state index contributed by atoms with van der Waals surface area (Å²) in [6.45, 7) is 10.9. The molecule has 1 aliphatic rings. The van der Waals surface area contributed by atoms with E-state index in [-0.39, 0.29) is 5.04 Å². The second kappa shape index (κ2) is 5.98. The maximum atomic E-state index is 13.7. The van der Waals surface area contributed by atoms with Crippen LogP contribution in [0.25, 0.3) is 0 Å². The Kier molecular flexibility index (Phi) is 4.76. The van der Waals surface area contributed by atoms with Crippen LogP contribution in [0.5, 0.6) is 0 Å². The van der Waals surface area contributed by atoms with Gasteiger partial charge in [-0.15, -0.1) is 0 Å². The van der Waals surface area contributed by atoms with Crippen molar-refractivity contribution < 1.29 is 4.21 Å². The molecule has 0 unspecified atom stereocenters.